The van der Waals surface area contributed by atoms with Crippen LogP contribution in [0.1, 0.15) is 21.5 Å². The standard InChI is InChI=1S/C9H4F3IN2O/c10-9(11,12)7-5(8(15)16)1-4(3-14)2-6(7)13/h1-2H,(H2,15,16). The number of amides is 1. The highest BCUT2D eigenvalue weighted by atomic mass is 127. The predicted octanol–water partition coefficient (Wildman–Crippen LogP) is 2.28. The molecule has 0 bridgehead atoms. The van der Waals surface area contributed by atoms with Crippen LogP contribution in [0.15, 0.2) is 12.1 Å². The zero-order valence-electron chi connectivity index (χ0n) is 7.60. The van der Waals surface area contributed by atoms with Gasteiger partial charge in [0, 0.05) is 3.57 Å². The average Bonchev–Trinajstić information content (AvgIpc) is 2.14. The molecule has 0 saturated heterocycles. The van der Waals surface area contributed by atoms with Gasteiger partial charge in [-0.15, -0.1) is 0 Å². The summed E-state index contributed by atoms with van der Waals surface area (Å²) in [6.45, 7) is 0. The van der Waals surface area contributed by atoms with E-state index in [4.69, 9.17) is 11.0 Å². The zero-order chi connectivity index (χ0) is 12.5. The van der Waals surface area contributed by atoms with Crippen molar-refractivity contribution < 1.29 is 18.0 Å². The Morgan fingerprint density at radius 3 is 2.38 bits per heavy atom. The molecule has 84 valence electrons. The fraction of sp³-hybridized carbons (Fsp3) is 0.111. The number of benzene rings is 1. The molecule has 0 spiro atoms. The second-order valence-electron chi connectivity index (χ2n) is 2.85. The lowest BCUT2D eigenvalue weighted by molar-refractivity contribution is -0.138. The minimum atomic E-state index is -4.67. The number of primary amides is 1. The maximum Gasteiger partial charge on any atom is 0.418 e. The van der Waals surface area contributed by atoms with Crippen LogP contribution in [0, 0.1) is 14.9 Å². The Bertz CT molecular complexity index is 491. The van der Waals surface area contributed by atoms with E-state index in [1.54, 1.807) is 6.07 Å². The molecule has 0 heterocycles. The van der Waals surface area contributed by atoms with Gasteiger partial charge < -0.3 is 5.73 Å². The monoisotopic (exact) mass is 340 g/mol. The molecule has 1 aromatic rings. The van der Waals surface area contributed by atoms with Crippen LogP contribution in [0.25, 0.3) is 0 Å². The summed E-state index contributed by atoms with van der Waals surface area (Å²) in [7, 11) is 0. The highest BCUT2D eigenvalue weighted by molar-refractivity contribution is 14.1. The SMILES string of the molecule is N#Cc1cc(I)c(C(F)(F)F)c(C(N)=O)c1. The molecule has 0 aliphatic rings. The molecule has 1 aromatic carbocycles. The van der Waals surface area contributed by atoms with Crippen molar-refractivity contribution in [3.63, 3.8) is 0 Å². The number of alkyl halides is 3. The number of carbonyl (C=O) groups is 1. The molecule has 0 aromatic heterocycles. The summed E-state index contributed by atoms with van der Waals surface area (Å²) in [6.07, 6.45) is -4.67. The summed E-state index contributed by atoms with van der Waals surface area (Å²) >= 11 is 1.41. The summed E-state index contributed by atoms with van der Waals surface area (Å²) in [5.74, 6) is -1.21. The molecule has 0 saturated carbocycles. The molecule has 0 radical (unpaired) electrons. The van der Waals surface area contributed by atoms with E-state index >= 15 is 0 Å². The van der Waals surface area contributed by atoms with E-state index in [1.165, 1.54) is 22.6 Å². The maximum atomic E-state index is 12.6. The van der Waals surface area contributed by atoms with Crippen molar-refractivity contribution >= 4 is 28.5 Å². The summed E-state index contributed by atoms with van der Waals surface area (Å²) in [5, 5.41) is 8.58. The second-order valence-corrected chi connectivity index (χ2v) is 4.02. The molecule has 16 heavy (non-hydrogen) atoms. The van der Waals surface area contributed by atoms with Crippen LogP contribution in [0.3, 0.4) is 0 Å². The maximum absolute atomic E-state index is 12.6. The molecule has 0 atom stereocenters. The Balaban J connectivity index is 3.61. The van der Waals surface area contributed by atoms with E-state index in [0.29, 0.717) is 0 Å². The molecule has 2 N–H and O–H groups in total. The molecule has 3 nitrogen and oxygen atoms in total. The molecule has 1 rings (SSSR count). The second kappa shape index (κ2) is 4.29. The van der Waals surface area contributed by atoms with E-state index in [2.05, 4.69) is 0 Å². The Morgan fingerprint density at radius 2 is 2.00 bits per heavy atom. The number of nitrogens with two attached hydrogens (primary N) is 1. The number of hydrogen-bond acceptors (Lipinski definition) is 2. The van der Waals surface area contributed by atoms with Crippen LogP contribution in [0.5, 0.6) is 0 Å². The largest absolute Gasteiger partial charge is 0.418 e. The Hall–Kier alpha value is -1.30. The number of carbonyl (C=O) groups excluding carboxylic acids is 1. The Kier molecular flexibility index (Phi) is 3.42. The molecular weight excluding hydrogens is 336 g/mol. The van der Waals surface area contributed by atoms with E-state index in [9.17, 15) is 18.0 Å². The molecule has 1 amide bonds. The van der Waals surface area contributed by atoms with E-state index in [1.807, 2.05) is 0 Å². The molecule has 0 aliphatic carbocycles. The van der Waals surface area contributed by atoms with Crippen LogP contribution in [-0.4, -0.2) is 5.91 Å². The van der Waals surface area contributed by atoms with Crippen molar-refractivity contribution in [3.05, 3.63) is 32.4 Å². The van der Waals surface area contributed by atoms with Gasteiger partial charge in [0.1, 0.15) is 0 Å². The molecule has 0 unspecified atom stereocenters. The third-order valence-corrected chi connectivity index (χ3v) is 2.62. The van der Waals surface area contributed by atoms with Gasteiger partial charge in [-0.1, -0.05) is 0 Å². The van der Waals surface area contributed by atoms with Gasteiger partial charge in [-0.2, -0.15) is 18.4 Å². The fourth-order valence-corrected chi connectivity index (χ4v) is 2.09. The third kappa shape index (κ3) is 2.44. The quantitative estimate of drug-likeness (QED) is 0.797. The van der Waals surface area contributed by atoms with Crippen molar-refractivity contribution in [2.24, 2.45) is 5.73 Å². The van der Waals surface area contributed by atoms with Crippen molar-refractivity contribution in [1.29, 1.82) is 5.26 Å². The van der Waals surface area contributed by atoms with Gasteiger partial charge in [-0.3, -0.25) is 4.79 Å². The zero-order valence-corrected chi connectivity index (χ0v) is 9.76. The van der Waals surface area contributed by atoms with Gasteiger partial charge in [-0.05, 0) is 34.7 Å². The van der Waals surface area contributed by atoms with Crippen molar-refractivity contribution in [3.8, 4) is 6.07 Å². The lowest BCUT2D eigenvalue weighted by atomic mass is 10.0. The highest BCUT2D eigenvalue weighted by Crippen LogP contribution is 2.35. The first-order chi connectivity index (χ1) is 7.27. The predicted molar refractivity (Wildman–Crippen MR) is 57.4 cm³/mol. The normalized spacial score (nSPS) is 10.9. The third-order valence-electron chi connectivity index (χ3n) is 1.77. The number of nitrogens with zero attached hydrogens (tertiary/aromatic N) is 1. The van der Waals surface area contributed by atoms with Gasteiger partial charge in [0.05, 0.1) is 22.8 Å². The molecule has 7 heteroatoms. The number of hydrogen-bond donors (Lipinski definition) is 1. The summed E-state index contributed by atoms with van der Waals surface area (Å²) in [5.41, 5.74) is 3.03. The fourth-order valence-electron chi connectivity index (χ4n) is 1.15. The summed E-state index contributed by atoms with van der Waals surface area (Å²) in [4.78, 5) is 10.9. The summed E-state index contributed by atoms with van der Waals surface area (Å²) < 4.78 is 37.6. The minimum Gasteiger partial charge on any atom is -0.366 e. The highest BCUT2D eigenvalue weighted by Gasteiger charge is 2.37. The van der Waals surface area contributed by atoms with Gasteiger partial charge in [0.2, 0.25) is 5.91 Å². The average molecular weight is 340 g/mol. The first-order valence-electron chi connectivity index (χ1n) is 3.88. The van der Waals surface area contributed by atoms with Gasteiger partial charge in [0.15, 0.2) is 0 Å². The molecule has 0 fully saturated rings. The Labute approximate surface area is 102 Å². The number of rotatable bonds is 1. The first-order valence-corrected chi connectivity index (χ1v) is 4.96. The van der Waals surface area contributed by atoms with Gasteiger partial charge >= 0.3 is 6.18 Å². The Morgan fingerprint density at radius 1 is 1.44 bits per heavy atom. The van der Waals surface area contributed by atoms with E-state index in [-0.39, 0.29) is 9.13 Å². The molecule has 0 aliphatic heterocycles. The van der Waals surface area contributed by atoms with Crippen molar-refractivity contribution in [2.45, 2.75) is 6.18 Å². The van der Waals surface area contributed by atoms with Crippen LogP contribution in [0.2, 0.25) is 0 Å². The van der Waals surface area contributed by atoms with Crippen LogP contribution < -0.4 is 5.73 Å². The number of halogens is 4. The van der Waals surface area contributed by atoms with Crippen LogP contribution >= 0.6 is 22.6 Å². The lowest BCUT2D eigenvalue weighted by Gasteiger charge is -2.13. The summed E-state index contributed by atoms with van der Waals surface area (Å²) in [6, 6.07) is 3.55. The smallest absolute Gasteiger partial charge is 0.366 e. The van der Waals surface area contributed by atoms with Crippen LogP contribution in [0.4, 0.5) is 13.2 Å². The van der Waals surface area contributed by atoms with Crippen molar-refractivity contribution in [2.75, 3.05) is 0 Å². The van der Waals surface area contributed by atoms with Crippen molar-refractivity contribution in [1.82, 2.24) is 0 Å². The van der Waals surface area contributed by atoms with Gasteiger partial charge in [-0.25, -0.2) is 0 Å². The topological polar surface area (TPSA) is 66.9 Å². The number of nitriles is 1. The van der Waals surface area contributed by atoms with Crippen LogP contribution in [-0.2, 0) is 6.18 Å². The van der Waals surface area contributed by atoms with E-state index < -0.39 is 23.2 Å². The first kappa shape index (κ1) is 12.8. The minimum absolute atomic E-state index is 0.0359. The van der Waals surface area contributed by atoms with E-state index in [0.717, 1.165) is 12.1 Å². The lowest BCUT2D eigenvalue weighted by Crippen LogP contribution is -2.20. The molecular formula is C9H4F3IN2O. The van der Waals surface area contributed by atoms with Gasteiger partial charge in [0.25, 0.3) is 0 Å².